The van der Waals surface area contributed by atoms with E-state index < -0.39 is 15.9 Å². The van der Waals surface area contributed by atoms with Gasteiger partial charge in [0.25, 0.3) is 15.9 Å². The molecule has 0 saturated heterocycles. The third-order valence-corrected chi connectivity index (χ3v) is 7.16. The minimum Gasteiger partial charge on any atom is -0.495 e. The predicted molar refractivity (Wildman–Crippen MR) is 129 cm³/mol. The van der Waals surface area contributed by atoms with E-state index in [9.17, 15) is 13.2 Å². The van der Waals surface area contributed by atoms with Gasteiger partial charge >= 0.3 is 0 Å². The number of benzene rings is 3. The molecule has 0 spiro atoms. The first-order valence-electron chi connectivity index (χ1n) is 10.2. The molecule has 1 heterocycles. The maximum absolute atomic E-state index is 13.3. The SMILES string of the molecule is COc1ccccc1N(C)S(=O)(=O)c1ccc(C)c(C(=O)Nc2ccc3ncccc3c2)c1. The van der Waals surface area contributed by atoms with Crippen molar-refractivity contribution in [2.24, 2.45) is 0 Å². The van der Waals surface area contributed by atoms with Gasteiger partial charge in [-0.15, -0.1) is 0 Å². The van der Waals surface area contributed by atoms with E-state index in [-0.39, 0.29) is 10.5 Å². The van der Waals surface area contributed by atoms with E-state index in [1.807, 2.05) is 24.3 Å². The number of amides is 1. The highest BCUT2D eigenvalue weighted by Gasteiger charge is 2.25. The summed E-state index contributed by atoms with van der Waals surface area (Å²) in [6.45, 7) is 1.76. The molecule has 8 heteroatoms. The molecular weight excluding hydrogens is 438 g/mol. The van der Waals surface area contributed by atoms with E-state index in [1.54, 1.807) is 49.5 Å². The summed E-state index contributed by atoms with van der Waals surface area (Å²) in [6.07, 6.45) is 1.71. The molecule has 0 aliphatic rings. The summed E-state index contributed by atoms with van der Waals surface area (Å²) in [5, 5.41) is 3.74. The van der Waals surface area contributed by atoms with Crippen molar-refractivity contribution < 1.29 is 17.9 Å². The number of fused-ring (bicyclic) bond motifs is 1. The van der Waals surface area contributed by atoms with Crippen molar-refractivity contribution in [2.75, 3.05) is 23.8 Å². The van der Waals surface area contributed by atoms with E-state index >= 15 is 0 Å². The van der Waals surface area contributed by atoms with Gasteiger partial charge in [-0.25, -0.2) is 8.42 Å². The molecule has 0 aliphatic carbocycles. The van der Waals surface area contributed by atoms with Gasteiger partial charge in [-0.3, -0.25) is 14.1 Å². The lowest BCUT2D eigenvalue weighted by molar-refractivity contribution is 0.102. The highest BCUT2D eigenvalue weighted by atomic mass is 32.2. The summed E-state index contributed by atoms with van der Waals surface area (Å²) in [6, 6.07) is 20.5. The number of hydrogen-bond acceptors (Lipinski definition) is 5. The van der Waals surface area contributed by atoms with Crippen LogP contribution in [0.4, 0.5) is 11.4 Å². The fourth-order valence-corrected chi connectivity index (χ4v) is 4.77. The van der Waals surface area contributed by atoms with Crippen molar-refractivity contribution in [3.8, 4) is 5.75 Å². The molecule has 168 valence electrons. The van der Waals surface area contributed by atoms with Gasteiger partial charge in [0.1, 0.15) is 5.75 Å². The number of rotatable bonds is 6. The third kappa shape index (κ3) is 4.38. The van der Waals surface area contributed by atoms with Crippen LogP contribution in [-0.4, -0.2) is 33.5 Å². The number of nitrogens with zero attached hydrogens (tertiary/aromatic N) is 2. The van der Waals surface area contributed by atoms with Crippen LogP contribution in [0.1, 0.15) is 15.9 Å². The van der Waals surface area contributed by atoms with Crippen LogP contribution < -0.4 is 14.4 Å². The molecular formula is C25H23N3O4S. The molecule has 4 aromatic rings. The van der Waals surface area contributed by atoms with E-state index in [4.69, 9.17) is 4.74 Å². The maximum atomic E-state index is 13.3. The standard InChI is InChI=1S/C25H23N3O4S/c1-17-10-12-20(33(30,31)28(2)23-8-4-5-9-24(23)32-3)16-21(17)25(29)27-19-11-13-22-18(15-19)7-6-14-26-22/h4-16H,1-3H3,(H,27,29). The Morgan fingerprint density at radius 2 is 1.79 bits per heavy atom. The number of methoxy groups -OCH3 is 1. The second kappa shape index (κ2) is 8.91. The number of hydrogen-bond donors (Lipinski definition) is 1. The van der Waals surface area contributed by atoms with Gasteiger partial charge in [0.2, 0.25) is 0 Å². The molecule has 33 heavy (non-hydrogen) atoms. The van der Waals surface area contributed by atoms with Crippen LogP contribution in [0, 0.1) is 6.92 Å². The lowest BCUT2D eigenvalue weighted by atomic mass is 10.1. The van der Waals surface area contributed by atoms with Crippen molar-refractivity contribution >= 4 is 38.2 Å². The molecule has 0 radical (unpaired) electrons. The van der Waals surface area contributed by atoms with Crippen LogP contribution in [0.15, 0.2) is 83.9 Å². The van der Waals surface area contributed by atoms with Crippen LogP contribution in [0.5, 0.6) is 5.75 Å². The highest BCUT2D eigenvalue weighted by Crippen LogP contribution is 2.31. The Bertz CT molecular complexity index is 1450. The molecule has 0 unspecified atom stereocenters. The van der Waals surface area contributed by atoms with Gasteiger partial charge in [-0.05, 0) is 61.0 Å². The van der Waals surface area contributed by atoms with Crippen molar-refractivity contribution in [1.82, 2.24) is 4.98 Å². The Kier molecular flexibility index (Phi) is 6.02. The Labute approximate surface area is 192 Å². The number of carbonyl (C=O) groups is 1. The second-order valence-electron chi connectivity index (χ2n) is 7.49. The first kappa shape index (κ1) is 22.3. The Morgan fingerprint density at radius 1 is 1.00 bits per heavy atom. The largest absolute Gasteiger partial charge is 0.495 e. The molecule has 7 nitrogen and oxygen atoms in total. The first-order valence-corrected chi connectivity index (χ1v) is 11.6. The normalized spacial score (nSPS) is 11.2. The summed E-state index contributed by atoms with van der Waals surface area (Å²) in [5.74, 6) is 0.0344. The average Bonchev–Trinajstić information content (AvgIpc) is 2.83. The van der Waals surface area contributed by atoms with Gasteiger partial charge in [0.05, 0.1) is 23.2 Å². The van der Waals surface area contributed by atoms with Gasteiger partial charge in [0.15, 0.2) is 0 Å². The van der Waals surface area contributed by atoms with E-state index in [0.717, 1.165) is 15.2 Å². The van der Waals surface area contributed by atoms with E-state index in [0.29, 0.717) is 22.7 Å². The van der Waals surface area contributed by atoms with Crippen LogP contribution in [-0.2, 0) is 10.0 Å². The highest BCUT2D eigenvalue weighted by molar-refractivity contribution is 7.92. The number of carbonyl (C=O) groups excluding carboxylic acids is 1. The van der Waals surface area contributed by atoms with Crippen LogP contribution in [0.25, 0.3) is 10.9 Å². The Hall–Kier alpha value is -3.91. The maximum Gasteiger partial charge on any atom is 0.264 e. The van der Waals surface area contributed by atoms with Gasteiger partial charge in [-0.2, -0.15) is 0 Å². The lowest BCUT2D eigenvalue weighted by Gasteiger charge is -2.22. The smallest absolute Gasteiger partial charge is 0.264 e. The molecule has 0 bridgehead atoms. The van der Waals surface area contributed by atoms with Gasteiger partial charge < -0.3 is 10.1 Å². The summed E-state index contributed by atoms with van der Waals surface area (Å²) < 4.78 is 33.1. The van der Waals surface area contributed by atoms with Crippen molar-refractivity contribution in [3.63, 3.8) is 0 Å². The zero-order chi connectivity index (χ0) is 23.6. The first-order chi connectivity index (χ1) is 15.8. The van der Waals surface area contributed by atoms with Gasteiger partial charge in [0, 0.05) is 29.9 Å². The lowest BCUT2D eigenvalue weighted by Crippen LogP contribution is -2.27. The third-order valence-electron chi connectivity index (χ3n) is 5.40. The van der Waals surface area contributed by atoms with Crippen LogP contribution in [0.3, 0.4) is 0 Å². The van der Waals surface area contributed by atoms with Crippen LogP contribution >= 0.6 is 0 Å². The summed E-state index contributed by atoms with van der Waals surface area (Å²) in [5.41, 5.74) is 2.75. The molecule has 0 saturated carbocycles. The number of nitrogens with one attached hydrogen (secondary N) is 1. The summed E-state index contributed by atoms with van der Waals surface area (Å²) >= 11 is 0. The van der Waals surface area contributed by atoms with Crippen molar-refractivity contribution in [1.29, 1.82) is 0 Å². The fraction of sp³-hybridized carbons (Fsp3) is 0.120. The van der Waals surface area contributed by atoms with Gasteiger partial charge in [-0.1, -0.05) is 24.3 Å². The molecule has 0 aliphatic heterocycles. The predicted octanol–water partition coefficient (Wildman–Crippen LogP) is 4.63. The zero-order valence-electron chi connectivity index (χ0n) is 18.4. The number of sulfonamides is 1. The number of aryl methyl sites for hydroxylation is 1. The minimum atomic E-state index is -3.93. The Morgan fingerprint density at radius 3 is 2.58 bits per heavy atom. The van der Waals surface area contributed by atoms with Crippen molar-refractivity contribution in [3.05, 3.63) is 90.1 Å². The second-order valence-corrected chi connectivity index (χ2v) is 9.46. The molecule has 4 rings (SSSR count). The quantitative estimate of drug-likeness (QED) is 0.452. The van der Waals surface area contributed by atoms with Crippen molar-refractivity contribution in [2.45, 2.75) is 11.8 Å². The number of anilines is 2. The molecule has 1 aromatic heterocycles. The molecule has 3 aromatic carbocycles. The monoisotopic (exact) mass is 461 g/mol. The summed E-state index contributed by atoms with van der Waals surface area (Å²) in [7, 11) is -0.997. The zero-order valence-corrected chi connectivity index (χ0v) is 19.3. The number of ether oxygens (including phenoxy) is 1. The average molecular weight is 462 g/mol. The minimum absolute atomic E-state index is 0.00867. The van der Waals surface area contributed by atoms with E-state index in [1.165, 1.54) is 26.3 Å². The topological polar surface area (TPSA) is 88.6 Å². The fourth-order valence-electron chi connectivity index (χ4n) is 3.54. The number of para-hydroxylation sites is 2. The molecule has 0 atom stereocenters. The molecule has 1 amide bonds. The molecule has 1 N–H and O–H groups in total. The number of pyridine rings is 1. The summed E-state index contributed by atoms with van der Waals surface area (Å²) in [4.78, 5) is 17.3. The molecule has 0 fully saturated rings. The number of aromatic nitrogens is 1. The van der Waals surface area contributed by atoms with E-state index in [2.05, 4.69) is 10.3 Å². The van der Waals surface area contributed by atoms with Crippen LogP contribution in [0.2, 0.25) is 0 Å². The Balaban J connectivity index is 1.65.